The van der Waals surface area contributed by atoms with Crippen molar-refractivity contribution in [2.45, 2.75) is 45.6 Å². The average molecular weight is 404 g/mol. The van der Waals surface area contributed by atoms with Crippen molar-refractivity contribution >= 4 is 5.91 Å². The van der Waals surface area contributed by atoms with Crippen molar-refractivity contribution in [1.82, 2.24) is 14.7 Å². The zero-order valence-corrected chi connectivity index (χ0v) is 17.7. The predicted molar refractivity (Wildman–Crippen MR) is 118 cm³/mol. The van der Waals surface area contributed by atoms with Crippen LogP contribution in [0.15, 0.2) is 54.6 Å². The van der Waals surface area contributed by atoms with Crippen molar-refractivity contribution < 1.29 is 9.90 Å². The number of aryl methyl sites for hydroxylation is 2. The number of carbonyl (C=O) groups is 1. The van der Waals surface area contributed by atoms with Gasteiger partial charge in [-0.2, -0.15) is 5.10 Å². The molecule has 2 aromatic carbocycles. The fourth-order valence-corrected chi connectivity index (χ4v) is 4.34. The normalized spacial score (nSPS) is 15.6. The van der Waals surface area contributed by atoms with Crippen LogP contribution in [0.1, 0.15) is 64.6 Å². The van der Waals surface area contributed by atoms with Crippen molar-refractivity contribution in [2.75, 3.05) is 13.1 Å². The van der Waals surface area contributed by atoms with E-state index in [9.17, 15) is 9.90 Å². The average Bonchev–Trinajstić information content (AvgIpc) is 2.93. The summed E-state index contributed by atoms with van der Waals surface area (Å²) in [7, 11) is 0. The molecule has 1 amide bonds. The fraction of sp³-hybridized carbons (Fsp3) is 0.360. The van der Waals surface area contributed by atoms with Gasteiger partial charge in [-0.3, -0.25) is 9.48 Å². The maximum Gasteiger partial charge on any atom is 0.253 e. The monoisotopic (exact) mass is 403 g/mol. The zero-order valence-electron chi connectivity index (χ0n) is 17.7. The lowest BCUT2D eigenvalue weighted by atomic mass is 9.97. The number of aromatic nitrogens is 2. The summed E-state index contributed by atoms with van der Waals surface area (Å²) >= 11 is 0. The first-order valence-corrected chi connectivity index (χ1v) is 10.7. The smallest absolute Gasteiger partial charge is 0.253 e. The van der Waals surface area contributed by atoms with Crippen molar-refractivity contribution in [3.8, 4) is 5.75 Å². The molecular formula is C25H29N3O2. The van der Waals surface area contributed by atoms with Crippen LogP contribution in [-0.4, -0.2) is 38.8 Å². The Hall–Kier alpha value is -3.08. The highest BCUT2D eigenvalue weighted by molar-refractivity contribution is 5.94. The molecule has 1 saturated heterocycles. The van der Waals surface area contributed by atoms with Gasteiger partial charge in [-0.05, 0) is 68.1 Å². The van der Waals surface area contributed by atoms with E-state index in [1.165, 1.54) is 12.8 Å². The summed E-state index contributed by atoms with van der Waals surface area (Å²) in [5.74, 6) is 0.343. The second-order valence-electron chi connectivity index (χ2n) is 8.20. The molecule has 5 nitrogen and oxygen atoms in total. The first-order chi connectivity index (χ1) is 14.5. The minimum Gasteiger partial charge on any atom is -0.508 e. The number of phenolic OH excluding ortho intramolecular Hbond substituents is 1. The second kappa shape index (κ2) is 8.74. The highest BCUT2D eigenvalue weighted by atomic mass is 16.3. The highest BCUT2D eigenvalue weighted by Crippen LogP contribution is 2.30. The van der Waals surface area contributed by atoms with E-state index < -0.39 is 0 Å². The van der Waals surface area contributed by atoms with Crippen LogP contribution in [0, 0.1) is 13.8 Å². The fourth-order valence-electron chi connectivity index (χ4n) is 4.34. The van der Waals surface area contributed by atoms with Gasteiger partial charge in [-0.25, -0.2) is 0 Å². The van der Waals surface area contributed by atoms with Crippen LogP contribution in [-0.2, 0) is 0 Å². The molecule has 1 fully saturated rings. The number of benzene rings is 2. The van der Waals surface area contributed by atoms with E-state index >= 15 is 0 Å². The van der Waals surface area contributed by atoms with E-state index in [0.717, 1.165) is 54.0 Å². The summed E-state index contributed by atoms with van der Waals surface area (Å²) in [5, 5.41) is 14.7. The molecule has 1 aliphatic heterocycles. The Labute approximate surface area is 178 Å². The van der Waals surface area contributed by atoms with Crippen molar-refractivity contribution in [2.24, 2.45) is 0 Å². The Bertz CT molecular complexity index is 1020. The molecule has 1 atom stereocenters. The Morgan fingerprint density at radius 1 is 0.933 bits per heavy atom. The van der Waals surface area contributed by atoms with Gasteiger partial charge in [0.05, 0.1) is 5.69 Å². The zero-order chi connectivity index (χ0) is 21.1. The molecule has 1 aromatic heterocycles. The molecule has 0 aliphatic carbocycles. The number of rotatable bonds is 4. The van der Waals surface area contributed by atoms with E-state index in [-0.39, 0.29) is 17.7 Å². The maximum absolute atomic E-state index is 13.0. The van der Waals surface area contributed by atoms with Gasteiger partial charge in [0.2, 0.25) is 0 Å². The third-order valence-electron chi connectivity index (χ3n) is 5.84. The number of likely N-dealkylation sites (tertiary alicyclic amines) is 1. The molecular weight excluding hydrogens is 374 g/mol. The van der Waals surface area contributed by atoms with Gasteiger partial charge >= 0.3 is 0 Å². The molecule has 30 heavy (non-hydrogen) atoms. The number of nitrogens with zero attached hydrogens (tertiary/aromatic N) is 3. The van der Waals surface area contributed by atoms with Crippen LogP contribution >= 0.6 is 0 Å². The first kappa shape index (κ1) is 20.2. The molecule has 0 spiro atoms. The lowest BCUT2D eigenvalue weighted by Gasteiger charge is -2.22. The van der Waals surface area contributed by atoms with E-state index in [1.54, 1.807) is 12.1 Å². The third-order valence-corrected chi connectivity index (χ3v) is 5.84. The second-order valence-corrected chi connectivity index (χ2v) is 8.20. The Morgan fingerprint density at radius 3 is 2.23 bits per heavy atom. The van der Waals surface area contributed by atoms with Gasteiger partial charge in [0.15, 0.2) is 0 Å². The SMILES string of the molecule is Cc1cc(C)n(C(c2ccc(C(=O)N3CCCCCC3)cc2)c2cccc(O)c2)n1. The topological polar surface area (TPSA) is 58.4 Å². The Kier molecular flexibility index (Phi) is 5.88. The van der Waals surface area contributed by atoms with Crippen LogP contribution in [0.5, 0.6) is 5.75 Å². The molecule has 0 radical (unpaired) electrons. The van der Waals surface area contributed by atoms with Gasteiger partial charge in [-0.15, -0.1) is 0 Å². The Balaban J connectivity index is 1.67. The van der Waals surface area contributed by atoms with Gasteiger partial charge < -0.3 is 10.0 Å². The number of amides is 1. The summed E-state index contributed by atoms with van der Waals surface area (Å²) in [5.41, 5.74) is 4.70. The van der Waals surface area contributed by atoms with Crippen molar-refractivity contribution in [1.29, 1.82) is 0 Å². The summed E-state index contributed by atoms with van der Waals surface area (Å²) in [6.07, 6.45) is 4.58. The molecule has 1 unspecified atom stereocenters. The quantitative estimate of drug-likeness (QED) is 0.677. The van der Waals surface area contributed by atoms with Crippen molar-refractivity contribution in [3.63, 3.8) is 0 Å². The predicted octanol–water partition coefficient (Wildman–Crippen LogP) is 4.86. The lowest BCUT2D eigenvalue weighted by molar-refractivity contribution is 0.0761. The van der Waals surface area contributed by atoms with Gasteiger partial charge in [0.25, 0.3) is 5.91 Å². The first-order valence-electron chi connectivity index (χ1n) is 10.7. The number of hydrogen-bond acceptors (Lipinski definition) is 3. The summed E-state index contributed by atoms with van der Waals surface area (Å²) in [6, 6.07) is 17.0. The van der Waals surface area contributed by atoms with E-state index in [2.05, 4.69) is 0 Å². The molecule has 5 heteroatoms. The number of hydrogen-bond donors (Lipinski definition) is 1. The van der Waals surface area contributed by atoms with Crippen LogP contribution < -0.4 is 0 Å². The molecule has 2 heterocycles. The molecule has 3 aromatic rings. The van der Waals surface area contributed by atoms with Gasteiger partial charge in [-0.1, -0.05) is 37.1 Å². The highest BCUT2D eigenvalue weighted by Gasteiger charge is 2.22. The third kappa shape index (κ3) is 4.25. The molecule has 0 bridgehead atoms. The minimum absolute atomic E-state index is 0.114. The molecule has 1 N–H and O–H groups in total. The van der Waals surface area contributed by atoms with Crippen LogP contribution in [0.25, 0.3) is 0 Å². The van der Waals surface area contributed by atoms with Crippen LogP contribution in [0.2, 0.25) is 0 Å². The largest absolute Gasteiger partial charge is 0.508 e. The summed E-state index contributed by atoms with van der Waals surface area (Å²) in [4.78, 5) is 14.9. The standard InChI is InChI=1S/C25H29N3O2/c1-18-16-19(2)28(26-18)24(22-8-7-9-23(29)17-22)20-10-12-21(13-11-20)25(30)27-14-5-3-4-6-15-27/h7-13,16-17,24,29H,3-6,14-15H2,1-2H3. The number of phenols is 1. The van der Waals surface area contributed by atoms with Crippen LogP contribution in [0.4, 0.5) is 0 Å². The summed E-state index contributed by atoms with van der Waals surface area (Å²) < 4.78 is 1.98. The maximum atomic E-state index is 13.0. The molecule has 1 aliphatic rings. The Morgan fingerprint density at radius 2 is 1.63 bits per heavy atom. The molecule has 156 valence electrons. The summed E-state index contributed by atoms with van der Waals surface area (Å²) in [6.45, 7) is 5.70. The van der Waals surface area contributed by atoms with E-state index in [0.29, 0.717) is 0 Å². The minimum atomic E-state index is -0.173. The van der Waals surface area contributed by atoms with Gasteiger partial charge in [0, 0.05) is 24.3 Å². The van der Waals surface area contributed by atoms with E-state index in [4.69, 9.17) is 5.10 Å². The van der Waals surface area contributed by atoms with Crippen LogP contribution in [0.3, 0.4) is 0 Å². The van der Waals surface area contributed by atoms with E-state index in [1.807, 2.05) is 65.9 Å². The number of aromatic hydroxyl groups is 1. The number of carbonyl (C=O) groups excluding carboxylic acids is 1. The van der Waals surface area contributed by atoms with Gasteiger partial charge in [0.1, 0.15) is 11.8 Å². The molecule has 4 rings (SSSR count). The van der Waals surface area contributed by atoms with Crippen molar-refractivity contribution in [3.05, 3.63) is 82.7 Å². The molecule has 0 saturated carbocycles. The lowest BCUT2D eigenvalue weighted by Crippen LogP contribution is -2.31.